The molecule has 94 valence electrons. The highest BCUT2D eigenvalue weighted by Crippen LogP contribution is 1.88. The first-order chi connectivity index (χ1) is 7.40. The molecule has 0 saturated heterocycles. The van der Waals surface area contributed by atoms with Crippen LogP contribution in [0.5, 0.6) is 0 Å². The fourth-order valence-corrected chi connectivity index (χ4v) is 0.592. The number of carbonyl (C=O) groups is 3. The summed E-state index contributed by atoms with van der Waals surface area (Å²) < 4.78 is 9.14. The van der Waals surface area contributed by atoms with Crippen LogP contribution < -0.4 is 0 Å². The monoisotopic (exact) mass is 234 g/mol. The van der Waals surface area contributed by atoms with Gasteiger partial charge in [-0.05, 0) is 6.42 Å². The lowest BCUT2D eigenvalue weighted by Crippen LogP contribution is -2.15. The normalized spacial score (nSPS) is 8.69. The Bertz CT molecular complexity index is 219. The summed E-state index contributed by atoms with van der Waals surface area (Å²) >= 11 is 0. The van der Waals surface area contributed by atoms with Crippen LogP contribution in [0.3, 0.4) is 0 Å². The largest absolute Gasteiger partial charge is 0.481 e. The van der Waals surface area contributed by atoms with Crippen molar-refractivity contribution < 1.29 is 29.0 Å². The second-order valence-corrected chi connectivity index (χ2v) is 2.89. The van der Waals surface area contributed by atoms with Gasteiger partial charge in [-0.15, -0.1) is 0 Å². The summed E-state index contributed by atoms with van der Waals surface area (Å²) in [5.41, 5.74) is 0. The van der Waals surface area contributed by atoms with Crippen molar-refractivity contribution in [1.29, 1.82) is 0 Å². The van der Waals surface area contributed by atoms with Gasteiger partial charge in [0.15, 0.2) is 0 Å². The summed E-state index contributed by atoms with van der Waals surface area (Å²) in [4.78, 5) is 29.9. The Labute approximate surface area is 94.5 Å². The van der Waals surface area contributed by atoms with Gasteiger partial charge in [-0.3, -0.25) is 9.59 Å². The summed E-state index contributed by atoms with van der Waals surface area (Å²) in [6.07, 6.45) is 1.93. The van der Waals surface area contributed by atoms with E-state index >= 15 is 0 Å². The van der Waals surface area contributed by atoms with Gasteiger partial charge in [0.1, 0.15) is 6.61 Å². The standard InChI is InChI=1S/C8H14O4.C2H4O2/c1-3-4-5-11-6-8(10)12-7(2)9;1-2(3)4/h3-6H2,1-2H3;1H3,(H,3,4). The average molecular weight is 234 g/mol. The highest BCUT2D eigenvalue weighted by molar-refractivity contribution is 5.84. The molecule has 6 nitrogen and oxygen atoms in total. The fourth-order valence-electron chi connectivity index (χ4n) is 0.592. The molecule has 0 aromatic carbocycles. The first kappa shape index (κ1) is 17.0. The smallest absolute Gasteiger partial charge is 0.339 e. The Kier molecular flexibility index (Phi) is 12.4. The molecule has 0 heterocycles. The minimum Gasteiger partial charge on any atom is -0.481 e. The molecule has 0 radical (unpaired) electrons. The molecule has 0 fully saturated rings. The van der Waals surface area contributed by atoms with Crippen LogP contribution in [-0.2, 0) is 23.9 Å². The van der Waals surface area contributed by atoms with E-state index in [2.05, 4.69) is 4.74 Å². The Morgan fingerprint density at radius 1 is 1.19 bits per heavy atom. The van der Waals surface area contributed by atoms with Crippen molar-refractivity contribution in [2.24, 2.45) is 0 Å². The van der Waals surface area contributed by atoms with Crippen molar-refractivity contribution in [2.45, 2.75) is 33.6 Å². The van der Waals surface area contributed by atoms with E-state index in [1.54, 1.807) is 0 Å². The summed E-state index contributed by atoms with van der Waals surface area (Å²) in [5.74, 6) is -2.06. The van der Waals surface area contributed by atoms with Crippen molar-refractivity contribution in [1.82, 2.24) is 0 Å². The zero-order chi connectivity index (χ0) is 13.0. The number of ether oxygens (including phenoxy) is 2. The Morgan fingerprint density at radius 3 is 2.06 bits per heavy atom. The van der Waals surface area contributed by atoms with Crippen molar-refractivity contribution >= 4 is 17.9 Å². The Balaban J connectivity index is 0. The lowest BCUT2D eigenvalue weighted by molar-refractivity contribution is -0.161. The molecular weight excluding hydrogens is 216 g/mol. The number of carboxylic acid groups (broad SMARTS) is 1. The van der Waals surface area contributed by atoms with Crippen LogP contribution >= 0.6 is 0 Å². The van der Waals surface area contributed by atoms with Crippen LogP contribution in [0.15, 0.2) is 0 Å². The average Bonchev–Trinajstić information content (AvgIpc) is 2.10. The first-order valence-corrected chi connectivity index (χ1v) is 4.88. The van der Waals surface area contributed by atoms with Crippen LogP contribution in [0.4, 0.5) is 0 Å². The predicted molar refractivity (Wildman–Crippen MR) is 55.8 cm³/mol. The van der Waals surface area contributed by atoms with E-state index in [4.69, 9.17) is 14.6 Å². The molecule has 16 heavy (non-hydrogen) atoms. The second kappa shape index (κ2) is 11.6. The van der Waals surface area contributed by atoms with Crippen LogP contribution in [-0.4, -0.2) is 36.2 Å². The number of hydrogen-bond donors (Lipinski definition) is 1. The number of carboxylic acids is 1. The highest BCUT2D eigenvalue weighted by Gasteiger charge is 2.04. The minimum absolute atomic E-state index is 0.139. The zero-order valence-corrected chi connectivity index (χ0v) is 9.82. The maximum absolute atomic E-state index is 10.6. The van der Waals surface area contributed by atoms with Gasteiger partial charge in [0.05, 0.1) is 0 Å². The van der Waals surface area contributed by atoms with E-state index in [-0.39, 0.29) is 6.61 Å². The van der Waals surface area contributed by atoms with Crippen LogP contribution in [0.2, 0.25) is 0 Å². The molecular formula is C10H18O6. The number of hydrogen-bond acceptors (Lipinski definition) is 5. The molecule has 0 aliphatic rings. The van der Waals surface area contributed by atoms with Gasteiger partial charge in [-0.2, -0.15) is 0 Å². The third-order valence-electron chi connectivity index (χ3n) is 1.12. The van der Waals surface area contributed by atoms with Gasteiger partial charge >= 0.3 is 11.9 Å². The first-order valence-electron chi connectivity index (χ1n) is 4.88. The number of unbranched alkanes of at least 4 members (excludes halogenated alkanes) is 1. The summed E-state index contributed by atoms with van der Waals surface area (Å²) in [6, 6.07) is 0. The molecule has 0 rings (SSSR count). The lowest BCUT2D eigenvalue weighted by Gasteiger charge is -2.01. The van der Waals surface area contributed by atoms with Crippen molar-refractivity contribution in [3.63, 3.8) is 0 Å². The van der Waals surface area contributed by atoms with E-state index in [9.17, 15) is 9.59 Å². The fraction of sp³-hybridized carbons (Fsp3) is 0.700. The van der Waals surface area contributed by atoms with Gasteiger partial charge in [0, 0.05) is 20.5 Å². The molecule has 0 amide bonds. The molecule has 0 unspecified atom stereocenters. The molecule has 0 atom stereocenters. The van der Waals surface area contributed by atoms with Gasteiger partial charge < -0.3 is 14.6 Å². The van der Waals surface area contributed by atoms with Crippen LogP contribution in [0, 0.1) is 0 Å². The molecule has 0 aromatic rings. The molecule has 0 saturated carbocycles. The maximum atomic E-state index is 10.6. The Hall–Kier alpha value is -1.43. The summed E-state index contributed by atoms with van der Waals surface area (Å²) in [5, 5.41) is 7.42. The van der Waals surface area contributed by atoms with Crippen molar-refractivity contribution in [3.8, 4) is 0 Å². The third kappa shape index (κ3) is 22.9. The van der Waals surface area contributed by atoms with E-state index in [1.165, 1.54) is 6.92 Å². The van der Waals surface area contributed by atoms with E-state index < -0.39 is 17.9 Å². The molecule has 0 spiro atoms. The minimum atomic E-state index is -0.833. The quantitative estimate of drug-likeness (QED) is 0.433. The zero-order valence-electron chi connectivity index (χ0n) is 9.82. The van der Waals surface area contributed by atoms with Gasteiger partial charge in [0.25, 0.3) is 5.97 Å². The molecule has 0 bridgehead atoms. The maximum Gasteiger partial charge on any atom is 0.339 e. The molecule has 1 N–H and O–H groups in total. The second-order valence-electron chi connectivity index (χ2n) is 2.89. The molecule has 6 heteroatoms. The highest BCUT2D eigenvalue weighted by atomic mass is 16.6. The van der Waals surface area contributed by atoms with E-state index in [1.807, 2.05) is 6.92 Å². The molecule has 0 aromatic heterocycles. The van der Waals surface area contributed by atoms with Crippen LogP contribution in [0.25, 0.3) is 0 Å². The number of carbonyl (C=O) groups excluding carboxylic acids is 2. The predicted octanol–water partition coefficient (Wildman–Crippen LogP) is 0.984. The van der Waals surface area contributed by atoms with E-state index in [0.29, 0.717) is 6.61 Å². The number of aliphatic carboxylic acids is 1. The van der Waals surface area contributed by atoms with Gasteiger partial charge in [-0.25, -0.2) is 4.79 Å². The third-order valence-corrected chi connectivity index (χ3v) is 1.12. The van der Waals surface area contributed by atoms with Crippen LogP contribution in [0.1, 0.15) is 33.6 Å². The number of esters is 2. The van der Waals surface area contributed by atoms with Gasteiger partial charge in [-0.1, -0.05) is 13.3 Å². The van der Waals surface area contributed by atoms with Crippen molar-refractivity contribution in [3.05, 3.63) is 0 Å². The molecule has 0 aliphatic carbocycles. The topological polar surface area (TPSA) is 89.9 Å². The van der Waals surface area contributed by atoms with E-state index in [0.717, 1.165) is 19.8 Å². The SMILES string of the molecule is CC(=O)O.CCCCOCC(=O)OC(C)=O. The lowest BCUT2D eigenvalue weighted by atomic mass is 10.4. The van der Waals surface area contributed by atoms with Gasteiger partial charge in [0.2, 0.25) is 0 Å². The Morgan fingerprint density at radius 2 is 1.69 bits per heavy atom. The number of rotatable bonds is 5. The summed E-state index contributed by atoms with van der Waals surface area (Å²) in [7, 11) is 0. The van der Waals surface area contributed by atoms with Crippen molar-refractivity contribution in [2.75, 3.05) is 13.2 Å². The molecule has 0 aliphatic heterocycles. The summed E-state index contributed by atoms with van der Waals surface area (Å²) in [6.45, 7) is 4.68.